The van der Waals surface area contributed by atoms with Gasteiger partial charge in [0, 0.05) is 29.0 Å². The Bertz CT molecular complexity index is 1120. The first-order chi connectivity index (χ1) is 13.1. The number of hydrogen-bond acceptors (Lipinski definition) is 5. The molecule has 2 heterocycles. The molecule has 0 aliphatic rings. The number of aromatic nitrogens is 3. The molecule has 0 bridgehead atoms. The normalized spacial score (nSPS) is 10.8. The van der Waals surface area contributed by atoms with Crippen molar-refractivity contribution in [2.75, 3.05) is 10.6 Å². The van der Waals surface area contributed by atoms with E-state index >= 15 is 0 Å². The number of aryl methyl sites for hydroxylation is 3. The van der Waals surface area contributed by atoms with Crippen molar-refractivity contribution in [2.45, 2.75) is 20.8 Å². The Hall–Kier alpha value is -3.47. The Balaban J connectivity index is 1.65. The lowest BCUT2D eigenvalue weighted by atomic mass is 10.1. The van der Waals surface area contributed by atoms with Gasteiger partial charge in [0.1, 0.15) is 5.82 Å². The van der Waals surface area contributed by atoms with E-state index in [1.807, 2.05) is 43.3 Å². The number of fused-ring (bicyclic) bond motifs is 1. The largest absolute Gasteiger partial charge is 0.340 e. The van der Waals surface area contributed by atoms with Gasteiger partial charge in [-0.15, -0.1) is 0 Å². The summed E-state index contributed by atoms with van der Waals surface area (Å²) >= 11 is 0. The molecule has 2 N–H and O–H groups in total. The molecule has 27 heavy (non-hydrogen) atoms. The van der Waals surface area contributed by atoms with Crippen LogP contribution in [-0.4, -0.2) is 15.0 Å². The fourth-order valence-corrected chi connectivity index (χ4v) is 2.98. The van der Waals surface area contributed by atoms with Crippen LogP contribution in [0.25, 0.3) is 10.9 Å². The van der Waals surface area contributed by atoms with Crippen LogP contribution in [0.5, 0.6) is 0 Å². The number of para-hydroxylation sites is 1. The number of anilines is 4. The maximum Gasteiger partial charge on any atom is 0.229 e. The molecule has 4 aromatic rings. The maximum absolute atomic E-state index is 4.62. The molecule has 0 atom stereocenters. The number of pyridine rings is 1. The molecule has 134 valence electrons. The molecule has 2 aromatic heterocycles. The van der Waals surface area contributed by atoms with Crippen LogP contribution in [-0.2, 0) is 0 Å². The summed E-state index contributed by atoms with van der Waals surface area (Å²) in [6.07, 6.45) is 1.79. The lowest BCUT2D eigenvalue weighted by Crippen LogP contribution is -2.03. The number of nitrogens with one attached hydrogen (secondary N) is 2. The molecule has 0 fully saturated rings. The number of hydrogen-bond donors (Lipinski definition) is 2. The molecular weight excluding hydrogens is 334 g/mol. The Morgan fingerprint density at radius 2 is 1.63 bits per heavy atom. The summed E-state index contributed by atoms with van der Waals surface area (Å²) in [6.45, 7) is 6.17. The minimum atomic E-state index is 0.541. The van der Waals surface area contributed by atoms with E-state index in [0.717, 1.165) is 33.8 Å². The Kier molecular flexibility index (Phi) is 4.42. The fraction of sp³-hybridized carbons (Fsp3) is 0.136. The molecule has 0 amide bonds. The van der Waals surface area contributed by atoms with E-state index in [1.165, 1.54) is 11.1 Å². The molecule has 0 aliphatic carbocycles. The first kappa shape index (κ1) is 17.0. The summed E-state index contributed by atoms with van der Waals surface area (Å²) in [4.78, 5) is 13.6. The van der Waals surface area contributed by atoms with Crippen molar-refractivity contribution in [1.29, 1.82) is 0 Å². The van der Waals surface area contributed by atoms with Gasteiger partial charge >= 0.3 is 0 Å². The summed E-state index contributed by atoms with van der Waals surface area (Å²) in [6, 6.07) is 18.2. The molecule has 5 heteroatoms. The second-order valence-corrected chi connectivity index (χ2v) is 6.65. The zero-order chi connectivity index (χ0) is 18.8. The summed E-state index contributed by atoms with van der Waals surface area (Å²) < 4.78 is 0. The Labute approximate surface area is 158 Å². The molecule has 4 rings (SSSR count). The third kappa shape index (κ3) is 3.72. The van der Waals surface area contributed by atoms with Gasteiger partial charge in [0.2, 0.25) is 5.95 Å². The monoisotopic (exact) mass is 355 g/mol. The second kappa shape index (κ2) is 7.03. The Morgan fingerprint density at radius 1 is 0.778 bits per heavy atom. The van der Waals surface area contributed by atoms with Crippen molar-refractivity contribution in [3.05, 3.63) is 77.6 Å². The summed E-state index contributed by atoms with van der Waals surface area (Å²) in [5, 5.41) is 7.75. The van der Waals surface area contributed by atoms with Gasteiger partial charge in [-0.1, -0.05) is 24.3 Å². The van der Waals surface area contributed by atoms with E-state index < -0.39 is 0 Å². The van der Waals surface area contributed by atoms with Crippen LogP contribution in [0.15, 0.2) is 60.8 Å². The van der Waals surface area contributed by atoms with Crippen LogP contribution in [0.4, 0.5) is 23.1 Å². The minimum Gasteiger partial charge on any atom is -0.340 e. The predicted octanol–water partition coefficient (Wildman–Crippen LogP) is 5.44. The van der Waals surface area contributed by atoms with Crippen LogP contribution in [0.3, 0.4) is 0 Å². The van der Waals surface area contributed by atoms with E-state index in [1.54, 1.807) is 6.20 Å². The zero-order valence-electron chi connectivity index (χ0n) is 15.6. The van der Waals surface area contributed by atoms with Crippen molar-refractivity contribution in [1.82, 2.24) is 15.0 Å². The van der Waals surface area contributed by atoms with Gasteiger partial charge in [-0.05, 0) is 56.2 Å². The van der Waals surface area contributed by atoms with E-state index in [0.29, 0.717) is 5.95 Å². The van der Waals surface area contributed by atoms with Crippen molar-refractivity contribution >= 4 is 34.0 Å². The van der Waals surface area contributed by atoms with Gasteiger partial charge in [0.25, 0.3) is 0 Å². The first-order valence-electron chi connectivity index (χ1n) is 8.89. The van der Waals surface area contributed by atoms with Gasteiger partial charge < -0.3 is 10.6 Å². The smallest absolute Gasteiger partial charge is 0.229 e. The molecular formula is C22H21N5. The Morgan fingerprint density at radius 3 is 2.48 bits per heavy atom. The third-order valence-electron chi connectivity index (χ3n) is 4.51. The van der Waals surface area contributed by atoms with Crippen LogP contribution in [0.1, 0.15) is 16.8 Å². The van der Waals surface area contributed by atoms with Crippen LogP contribution in [0, 0.1) is 20.8 Å². The van der Waals surface area contributed by atoms with E-state index in [9.17, 15) is 0 Å². The zero-order valence-corrected chi connectivity index (χ0v) is 15.6. The molecule has 5 nitrogen and oxygen atoms in total. The highest BCUT2D eigenvalue weighted by Crippen LogP contribution is 2.25. The number of nitrogens with zero attached hydrogens (tertiary/aromatic N) is 3. The molecule has 2 aromatic carbocycles. The van der Waals surface area contributed by atoms with Gasteiger partial charge in [-0.2, -0.15) is 4.98 Å². The molecule has 0 saturated heterocycles. The second-order valence-electron chi connectivity index (χ2n) is 6.65. The molecule has 0 spiro atoms. The SMILES string of the molecule is Cc1cc(Nc2ccc(C)c(C)c2)nc(Nc2cccc3cccnc23)n1. The highest BCUT2D eigenvalue weighted by Gasteiger charge is 2.07. The van der Waals surface area contributed by atoms with Crippen molar-refractivity contribution in [2.24, 2.45) is 0 Å². The first-order valence-corrected chi connectivity index (χ1v) is 8.89. The van der Waals surface area contributed by atoms with E-state index in [4.69, 9.17) is 0 Å². The van der Waals surface area contributed by atoms with Gasteiger partial charge in [0.15, 0.2) is 0 Å². The van der Waals surface area contributed by atoms with Crippen LogP contribution >= 0.6 is 0 Å². The van der Waals surface area contributed by atoms with Crippen molar-refractivity contribution < 1.29 is 0 Å². The molecule has 0 unspecified atom stereocenters. The lowest BCUT2D eigenvalue weighted by molar-refractivity contribution is 1.11. The van der Waals surface area contributed by atoms with Crippen molar-refractivity contribution in [3.63, 3.8) is 0 Å². The third-order valence-corrected chi connectivity index (χ3v) is 4.51. The highest BCUT2D eigenvalue weighted by atomic mass is 15.1. The molecule has 0 saturated carbocycles. The van der Waals surface area contributed by atoms with Crippen LogP contribution in [0.2, 0.25) is 0 Å². The molecule has 0 aliphatic heterocycles. The summed E-state index contributed by atoms with van der Waals surface area (Å²) in [7, 11) is 0. The fourth-order valence-electron chi connectivity index (χ4n) is 2.98. The highest BCUT2D eigenvalue weighted by molar-refractivity contribution is 5.91. The lowest BCUT2D eigenvalue weighted by Gasteiger charge is -2.12. The standard InChI is InChI=1S/C22H21N5/c1-14-9-10-18(12-15(14)2)25-20-13-16(3)24-22(27-20)26-19-8-4-6-17-7-5-11-23-21(17)19/h4-13H,1-3H3,(H2,24,25,26,27). The van der Waals surface area contributed by atoms with Gasteiger partial charge in [-0.25, -0.2) is 4.98 Å². The average Bonchev–Trinajstić information content (AvgIpc) is 2.65. The van der Waals surface area contributed by atoms with E-state index in [2.05, 4.69) is 57.6 Å². The van der Waals surface area contributed by atoms with Crippen LogP contribution < -0.4 is 10.6 Å². The topological polar surface area (TPSA) is 62.7 Å². The summed E-state index contributed by atoms with van der Waals surface area (Å²) in [5.41, 5.74) is 6.18. The maximum atomic E-state index is 4.62. The van der Waals surface area contributed by atoms with Gasteiger partial charge in [-0.3, -0.25) is 4.98 Å². The molecule has 0 radical (unpaired) electrons. The minimum absolute atomic E-state index is 0.541. The summed E-state index contributed by atoms with van der Waals surface area (Å²) in [5.74, 6) is 1.29. The number of benzene rings is 2. The van der Waals surface area contributed by atoms with Gasteiger partial charge in [0.05, 0.1) is 11.2 Å². The number of rotatable bonds is 4. The van der Waals surface area contributed by atoms with Crippen molar-refractivity contribution in [3.8, 4) is 0 Å². The van der Waals surface area contributed by atoms with E-state index in [-0.39, 0.29) is 0 Å². The predicted molar refractivity (Wildman–Crippen MR) is 111 cm³/mol. The average molecular weight is 355 g/mol. The quantitative estimate of drug-likeness (QED) is 0.510.